The topological polar surface area (TPSA) is 47.6 Å². The Labute approximate surface area is 193 Å². The van der Waals surface area contributed by atoms with Crippen LogP contribution in [0.3, 0.4) is 0 Å². The van der Waals surface area contributed by atoms with Crippen LogP contribution in [0.2, 0.25) is 5.02 Å². The quantitative estimate of drug-likeness (QED) is 0.360. The first-order valence-electron chi connectivity index (χ1n) is 9.36. The normalized spacial score (nSPS) is 10.9. The van der Waals surface area contributed by atoms with Gasteiger partial charge in [-0.2, -0.15) is 0 Å². The molecule has 1 amide bonds. The highest BCUT2D eigenvalue weighted by Gasteiger charge is 2.12. The van der Waals surface area contributed by atoms with Gasteiger partial charge in [-0.15, -0.1) is 0 Å². The van der Waals surface area contributed by atoms with E-state index in [1.165, 1.54) is 19.3 Å². The molecule has 7 heteroatoms. The molecule has 0 heterocycles. The van der Waals surface area contributed by atoms with Crippen molar-refractivity contribution in [1.82, 2.24) is 0 Å². The molecule has 0 saturated carbocycles. The standard InChI is InChI=1S/C24H20BrClFNO3/c1-15-7-9-18(13-20(15)26)28-23(29)10-8-16-11-19(25)24(22(12-16)30-2)31-14-17-5-3-4-6-21(17)27/h3-13H,14H2,1-2H3,(H,28,29)/b10-8+. The highest BCUT2D eigenvalue weighted by Crippen LogP contribution is 2.37. The molecule has 0 aliphatic heterocycles. The van der Waals surface area contributed by atoms with Crippen LogP contribution in [0.5, 0.6) is 11.5 Å². The number of methoxy groups -OCH3 is 1. The first kappa shape index (κ1) is 22.8. The molecule has 1 N–H and O–H groups in total. The van der Waals surface area contributed by atoms with Gasteiger partial charge in [0.15, 0.2) is 11.5 Å². The number of aryl methyl sites for hydroxylation is 1. The van der Waals surface area contributed by atoms with Gasteiger partial charge in [0.05, 0.1) is 11.6 Å². The van der Waals surface area contributed by atoms with Crippen LogP contribution in [-0.2, 0) is 11.4 Å². The van der Waals surface area contributed by atoms with Crippen LogP contribution in [-0.4, -0.2) is 13.0 Å². The van der Waals surface area contributed by atoms with E-state index in [-0.39, 0.29) is 18.3 Å². The van der Waals surface area contributed by atoms with Gasteiger partial charge in [-0.3, -0.25) is 4.79 Å². The number of hydrogen-bond donors (Lipinski definition) is 1. The van der Waals surface area contributed by atoms with Crippen LogP contribution in [0.15, 0.2) is 65.1 Å². The zero-order valence-electron chi connectivity index (χ0n) is 16.9. The largest absolute Gasteiger partial charge is 0.493 e. The monoisotopic (exact) mass is 503 g/mol. The molecule has 31 heavy (non-hydrogen) atoms. The Kier molecular flexibility index (Phi) is 7.71. The third-order valence-corrected chi connectivity index (χ3v) is 5.44. The van der Waals surface area contributed by atoms with Gasteiger partial charge in [0.2, 0.25) is 5.91 Å². The van der Waals surface area contributed by atoms with Gasteiger partial charge in [0.25, 0.3) is 0 Å². The lowest BCUT2D eigenvalue weighted by atomic mass is 10.1. The number of rotatable bonds is 7. The predicted octanol–water partition coefficient (Wildman–Crippen LogP) is 6.79. The zero-order valence-corrected chi connectivity index (χ0v) is 19.3. The molecule has 3 aromatic rings. The van der Waals surface area contributed by atoms with E-state index in [9.17, 15) is 9.18 Å². The number of amides is 1. The summed E-state index contributed by atoms with van der Waals surface area (Å²) in [6.45, 7) is 1.95. The number of carbonyl (C=O) groups excluding carboxylic acids is 1. The van der Waals surface area contributed by atoms with Crippen molar-refractivity contribution in [1.29, 1.82) is 0 Å². The maximum absolute atomic E-state index is 13.8. The van der Waals surface area contributed by atoms with Crippen LogP contribution in [0.25, 0.3) is 6.08 Å². The number of nitrogens with one attached hydrogen (secondary N) is 1. The number of hydrogen-bond acceptors (Lipinski definition) is 3. The molecule has 0 aliphatic carbocycles. The van der Waals surface area contributed by atoms with Crippen LogP contribution in [0.1, 0.15) is 16.7 Å². The van der Waals surface area contributed by atoms with Crippen molar-refractivity contribution in [3.8, 4) is 11.5 Å². The Morgan fingerprint density at radius 3 is 2.68 bits per heavy atom. The second kappa shape index (κ2) is 10.5. The fraction of sp³-hybridized carbons (Fsp3) is 0.125. The molecule has 160 valence electrons. The van der Waals surface area contributed by atoms with E-state index in [4.69, 9.17) is 21.1 Å². The van der Waals surface area contributed by atoms with Crippen LogP contribution in [0.4, 0.5) is 10.1 Å². The van der Waals surface area contributed by atoms with Crippen molar-refractivity contribution in [2.24, 2.45) is 0 Å². The summed E-state index contributed by atoms with van der Waals surface area (Å²) in [5.74, 6) is 0.269. The molecule has 0 radical (unpaired) electrons. The van der Waals surface area contributed by atoms with E-state index in [0.717, 1.165) is 11.1 Å². The molecule has 0 atom stereocenters. The summed E-state index contributed by atoms with van der Waals surface area (Å²) < 4.78 is 25.6. The molecule has 3 aromatic carbocycles. The maximum atomic E-state index is 13.8. The van der Waals surface area contributed by atoms with E-state index in [1.807, 2.05) is 13.0 Å². The van der Waals surface area contributed by atoms with Crippen molar-refractivity contribution in [2.45, 2.75) is 13.5 Å². The molecule has 3 rings (SSSR count). The number of carbonyl (C=O) groups is 1. The summed E-state index contributed by atoms with van der Waals surface area (Å²) in [7, 11) is 1.51. The molecule has 0 aliphatic rings. The predicted molar refractivity (Wildman–Crippen MR) is 125 cm³/mol. The van der Waals surface area contributed by atoms with Crippen molar-refractivity contribution in [2.75, 3.05) is 12.4 Å². The maximum Gasteiger partial charge on any atom is 0.248 e. The summed E-state index contributed by atoms with van der Waals surface area (Å²) in [5.41, 5.74) is 2.71. The first-order chi connectivity index (χ1) is 14.9. The van der Waals surface area contributed by atoms with E-state index in [1.54, 1.807) is 48.5 Å². The third kappa shape index (κ3) is 6.09. The van der Waals surface area contributed by atoms with Crippen LogP contribution < -0.4 is 14.8 Å². The Hall–Kier alpha value is -2.83. The molecular formula is C24H20BrClFNO3. The van der Waals surface area contributed by atoms with Gasteiger partial charge in [-0.25, -0.2) is 4.39 Å². The first-order valence-corrected chi connectivity index (χ1v) is 10.5. The minimum Gasteiger partial charge on any atom is -0.493 e. The molecule has 0 aromatic heterocycles. The fourth-order valence-electron chi connectivity index (χ4n) is 2.77. The number of benzene rings is 3. The minimum atomic E-state index is -0.335. The Bertz CT molecular complexity index is 1130. The number of halogens is 3. The average Bonchev–Trinajstić information content (AvgIpc) is 2.75. The fourth-order valence-corrected chi connectivity index (χ4v) is 3.52. The van der Waals surface area contributed by atoms with E-state index < -0.39 is 0 Å². The van der Waals surface area contributed by atoms with E-state index in [2.05, 4.69) is 21.2 Å². The molecule has 0 bridgehead atoms. The summed E-state index contributed by atoms with van der Waals surface area (Å²) in [5, 5.41) is 3.35. The second-order valence-corrected chi connectivity index (χ2v) is 7.96. The molecule has 0 fully saturated rings. The smallest absolute Gasteiger partial charge is 0.248 e. The van der Waals surface area contributed by atoms with Gasteiger partial charge in [0, 0.05) is 22.3 Å². The van der Waals surface area contributed by atoms with Gasteiger partial charge in [-0.05, 0) is 70.4 Å². The lowest BCUT2D eigenvalue weighted by Crippen LogP contribution is -2.07. The molecule has 0 saturated heterocycles. The SMILES string of the molecule is COc1cc(/C=C/C(=O)Nc2ccc(C)c(Cl)c2)cc(Br)c1OCc1ccccc1F. The van der Waals surface area contributed by atoms with Crippen molar-refractivity contribution >= 4 is 45.2 Å². The summed E-state index contributed by atoms with van der Waals surface area (Å²) in [4.78, 5) is 12.2. The Morgan fingerprint density at radius 1 is 1.19 bits per heavy atom. The summed E-state index contributed by atoms with van der Waals surface area (Å²) in [6, 6.07) is 15.3. The second-order valence-electron chi connectivity index (χ2n) is 6.70. The third-order valence-electron chi connectivity index (χ3n) is 4.45. The lowest BCUT2D eigenvalue weighted by Gasteiger charge is -2.14. The van der Waals surface area contributed by atoms with Crippen LogP contribution >= 0.6 is 27.5 Å². The highest BCUT2D eigenvalue weighted by atomic mass is 79.9. The van der Waals surface area contributed by atoms with E-state index >= 15 is 0 Å². The molecule has 0 unspecified atom stereocenters. The van der Waals surface area contributed by atoms with Gasteiger partial charge < -0.3 is 14.8 Å². The summed E-state index contributed by atoms with van der Waals surface area (Å²) in [6.07, 6.45) is 3.06. The summed E-state index contributed by atoms with van der Waals surface area (Å²) >= 11 is 9.55. The lowest BCUT2D eigenvalue weighted by molar-refractivity contribution is -0.111. The van der Waals surface area contributed by atoms with Gasteiger partial charge in [-0.1, -0.05) is 35.9 Å². The van der Waals surface area contributed by atoms with Crippen molar-refractivity contribution < 1.29 is 18.7 Å². The highest BCUT2D eigenvalue weighted by molar-refractivity contribution is 9.10. The van der Waals surface area contributed by atoms with Crippen molar-refractivity contribution in [3.63, 3.8) is 0 Å². The molecule has 0 spiro atoms. The Morgan fingerprint density at radius 2 is 1.97 bits per heavy atom. The van der Waals surface area contributed by atoms with Crippen LogP contribution in [0, 0.1) is 12.7 Å². The molecule has 4 nitrogen and oxygen atoms in total. The number of ether oxygens (including phenoxy) is 2. The molecular weight excluding hydrogens is 485 g/mol. The van der Waals surface area contributed by atoms with Crippen molar-refractivity contribution in [3.05, 3.63) is 92.7 Å². The zero-order chi connectivity index (χ0) is 22.4. The Balaban J connectivity index is 1.71. The van der Waals surface area contributed by atoms with Gasteiger partial charge >= 0.3 is 0 Å². The van der Waals surface area contributed by atoms with Gasteiger partial charge in [0.1, 0.15) is 12.4 Å². The number of anilines is 1. The van der Waals surface area contributed by atoms with E-state index in [0.29, 0.717) is 32.2 Å². The minimum absolute atomic E-state index is 0.0539. The average molecular weight is 505 g/mol.